The first-order valence-electron chi connectivity index (χ1n) is 8.31. The second-order valence-corrected chi connectivity index (χ2v) is 8.19. The number of likely N-dealkylation sites (N-methyl/N-ethyl adjacent to an activating group) is 1. The highest BCUT2D eigenvalue weighted by Gasteiger charge is 2.30. The summed E-state index contributed by atoms with van der Waals surface area (Å²) in [5, 5.41) is 0.941. The Kier molecular flexibility index (Phi) is 5.10. The Morgan fingerprint density at radius 3 is 2.43 bits per heavy atom. The molecular formula is C20H19FN2O4S. The Morgan fingerprint density at radius 1 is 1.18 bits per heavy atom. The summed E-state index contributed by atoms with van der Waals surface area (Å²) < 4.78 is 40.4. The van der Waals surface area contributed by atoms with Crippen LogP contribution in [0.15, 0.2) is 59.0 Å². The summed E-state index contributed by atoms with van der Waals surface area (Å²) in [5.41, 5.74) is 1.16. The van der Waals surface area contributed by atoms with Gasteiger partial charge in [-0.2, -0.15) is 0 Å². The van der Waals surface area contributed by atoms with Gasteiger partial charge in [0.15, 0.2) is 0 Å². The van der Waals surface area contributed by atoms with Gasteiger partial charge in [0.25, 0.3) is 5.91 Å². The minimum Gasteiger partial charge on any atom is -0.345 e. The van der Waals surface area contributed by atoms with Crippen molar-refractivity contribution in [2.24, 2.45) is 0 Å². The highest BCUT2D eigenvalue weighted by Crippen LogP contribution is 2.35. The Hall–Kier alpha value is -2.97. The zero-order valence-corrected chi connectivity index (χ0v) is 16.4. The lowest BCUT2D eigenvalue weighted by molar-refractivity contribution is -0.161. The van der Waals surface area contributed by atoms with Gasteiger partial charge in [0.1, 0.15) is 10.8 Å². The number of hydroxylamine groups is 2. The lowest BCUT2D eigenvalue weighted by atomic mass is 10.1. The summed E-state index contributed by atoms with van der Waals surface area (Å²) in [5.74, 6) is -1.21. The van der Waals surface area contributed by atoms with Crippen molar-refractivity contribution in [2.75, 3.05) is 14.2 Å². The maximum atomic E-state index is 13.9. The fourth-order valence-corrected chi connectivity index (χ4v) is 4.33. The first-order valence-corrected chi connectivity index (χ1v) is 9.79. The van der Waals surface area contributed by atoms with Crippen LogP contribution in [0.1, 0.15) is 11.1 Å². The molecule has 0 fully saturated rings. The molecule has 28 heavy (non-hydrogen) atoms. The van der Waals surface area contributed by atoms with Crippen molar-refractivity contribution < 1.29 is 22.4 Å². The van der Waals surface area contributed by atoms with Gasteiger partial charge in [0.05, 0.1) is 12.0 Å². The van der Waals surface area contributed by atoms with Crippen LogP contribution in [0.3, 0.4) is 0 Å². The number of nitrogens with zero attached hydrogens (tertiary/aromatic N) is 1. The number of sulfone groups is 1. The van der Waals surface area contributed by atoms with Crippen LogP contribution < -0.4 is 0 Å². The fraction of sp³-hybridized carbons (Fsp3) is 0.150. The number of H-pyrrole nitrogens is 1. The number of aromatic nitrogens is 1. The number of carbonyl (C=O) groups is 1. The van der Waals surface area contributed by atoms with E-state index in [1.165, 1.54) is 44.5 Å². The van der Waals surface area contributed by atoms with Crippen LogP contribution in [-0.4, -0.2) is 38.5 Å². The van der Waals surface area contributed by atoms with Crippen LogP contribution >= 0.6 is 0 Å². The van der Waals surface area contributed by atoms with E-state index in [-0.39, 0.29) is 26.4 Å². The zero-order chi connectivity index (χ0) is 20.6. The topological polar surface area (TPSA) is 79.5 Å². The van der Waals surface area contributed by atoms with Gasteiger partial charge in [-0.25, -0.2) is 17.9 Å². The van der Waals surface area contributed by atoms with Gasteiger partial charge in [-0.05, 0) is 37.3 Å². The van der Waals surface area contributed by atoms with Gasteiger partial charge in [0.2, 0.25) is 9.84 Å². The third kappa shape index (κ3) is 3.32. The number of aromatic amines is 1. The highest BCUT2D eigenvalue weighted by atomic mass is 32.2. The van der Waals surface area contributed by atoms with E-state index in [9.17, 15) is 17.6 Å². The number of hydrogen-bond donors (Lipinski definition) is 1. The van der Waals surface area contributed by atoms with E-state index in [4.69, 9.17) is 4.84 Å². The number of carbonyl (C=O) groups excluding carboxylic acids is 1. The molecule has 6 nitrogen and oxygen atoms in total. The summed E-state index contributed by atoms with van der Waals surface area (Å²) in [6.07, 6.45) is 0. The van der Waals surface area contributed by atoms with Gasteiger partial charge in [-0.3, -0.25) is 9.63 Å². The number of hydrogen-bond acceptors (Lipinski definition) is 4. The summed E-state index contributed by atoms with van der Waals surface area (Å²) in [6, 6.07) is 10.1. The second-order valence-electron chi connectivity index (χ2n) is 6.30. The average Bonchev–Trinajstić information content (AvgIpc) is 3.05. The molecule has 0 atom stereocenters. The first kappa shape index (κ1) is 19.8. The minimum atomic E-state index is -4.02. The molecule has 1 heterocycles. The summed E-state index contributed by atoms with van der Waals surface area (Å²) >= 11 is 0. The van der Waals surface area contributed by atoms with E-state index in [2.05, 4.69) is 11.6 Å². The van der Waals surface area contributed by atoms with Crippen LogP contribution in [0.2, 0.25) is 0 Å². The molecule has 3 aromatic rings. The molecule has 146 valence electrons. The van der Waals surface area contributed by atoms with Crippen molar-refractivity contribution in [1.82, 2.24) is 10.0 Å². The average molecular weight is 402 g/mol. The van der Waals surface area contributed by atoms with Crippen molar-refractivity contribution in [2.45, 2.75) is 16.8 Å². The van der Waals surface area contributed by atoms with Crippen molar-refractivity contribution in [3.05, 3.63) is 66.0 Å². The number of fused-ring (bicyclic) bond motifs is 1. The van der Waals surface area contributed by atoms with E-state index < -0.39 is 21.6 Å². The second kappa shape index (κ2) is 7.21. The van der Waals surface area contributed by atoms with Crippen molar-refractivity contribution in [3.63, 3.8) is 0 Å². The maximum absolute atomic E-state index is 13.9. The molecule has 1 N–H and O–H groups in total. The van der Waals surface area contributed by atoms with Crippen molar-refractivity contribution >= 4 is 32.2 Å². The molecule has 1 aromatic heterocycles. The van der Waals surface area contributed by atoms with Crippen molar-refractivity contribution in [1.29, 1.82) is 0 Å². The smallest absolute Gasteiger partial charge is 0.277 e. The fourth-order valence-electron chi connectivity index (χ4n) is 2.86. The number of benzene rings is 2. The van der Waals surface area contributed by atoms with Gasteiger partial charge in [-0.1, -0.05) is 24.3 Å². The Labute approximate surface area is 162 Å². The molecular weight excluding hydrogens is 383 g/mol. The molecule has 0 spiro atoms. The van der Waals surface area contributed by atoms with E-state index in [1.807, 2.05) is 6.92 Å². The molecule has 8 heteroatoms. The molecule has 0 aliphatic heterocycles. The molecule has 1 amide bonds. The third-order valence-corrected chi connectivity index (χ3v) is 6.18. The summed E-state index contributed by atoms with van der Waals surface area (Å²) in [4.78, 5) is 20.3. The van der Waals surface area contributed by atoms with E-state index in [1.54, 1.807) is 12.1 Å². The van der Waals surface area contributed by atoms with Gasteiger partial charge in [-0.15, -0.1) is 0 Å². The van der Waals surface area contributed by atoms with E-state index in [0.29, 0.717) is 5.52 Å². The number of nitrogens with one attached hydrogen (secondary N) is 1. The quantitative estimate of drug-likeness (QED) is 0.523. The maximum Gasteiger partial charge on any atom is 0.277 e. The number of halogens is 1. The molecule has 0 bridgehead atoms. The van der Waals surface area contributed by atoms with Gasteiger partial charge in [0, 0.05) is 29.1 Å². The molecule has 0 aliphatic rings. The largest absolute Gasteiger partial charge is 0.345 e. The first-order chi connectivity index (χ1) is 13.2. The van der Waals surface area contributed by atoms with Crippen LogP contribution in [0, 0.1) is 12.7 Å². The standard InChI is InChI=1S/C20H19FN2O4S/c1-12-5-8-15(9-6-12)28(25,26)19-18(13(2)20(24)23(3)27-4)16-11-14(21)7-10-17(16)22-19/h5-11,22H,2H2,1,3-4H3. The summed E-state index contributed by atoms with van der Waals surface area (Å²) in [7, 11) is -1.35. The Balaban J connectivity index is 2.29. The normalized spacial score (nSPS) is 11.6. The number of amides is 1. The number of rotatable bonds is 5. The molecule has 3 rings (SSSR count). The summed E-state index contributed by atoms with van der Waals surface area (Å²) in [6.45, 7) is 5.59. The van der Waals surface area contributed by atoms with Gasteiger partial charge < -0.3 is 4.98 Å². The molecule has 0 saturated heterocycles. The van der Waals surface area contributed by atoms with Gasteiger partial charge >= 0.3 is 0 Å². The molecule has 0 radical (unpaired) electrons. The van der Waals surface area contributed by atoms with E-state index >= 15 is 0 Å². The minimum absolute atomic E-state index is 0.0176. The molecule has 2 aromatic carbocycles. The van der Waals surface area contributed by atoms with Crippen LogP contribution in [0.25, 0.3) is 16.5 Å². The third-order valence-electron chi connectivity index (χ3n) is 4.45. The molecule has 0 unspecified atom stereocenters. The highest BCUT2D eigenvalue weighted by molar-refractivity contribution is 7.91. The predicted octanol–water partition coefficient (Wildman–Crippen LogP) is 3.48. The SMILES string of the molecule is C=C(C(=O)N(C)OC)c1c(S(=O)(=O)c2ccc(C)cc2)[nH]c2ccc(F)cc12. The van der Waals surface area contributed by atoms with Crippen LogP contribution in [-0.2, 0) is 19.5 Å². The lowest BCUT2D eigenvalue weighted by Gasteiger charge is -2.16. The van der Waals surface area contributed by atoms with E-state index in [0.717, 1.165) is 10.6 Å². The Bertz CT molecular complexity index is 1180. The Morgan fingerprint density at radius 2 is 1.82 bits per heavy atom. The van der Waals surface area contributed by atoms with Crippen LogP contribution in [0.4, 0.5) is 4.39 Å². The zero-order valence-electron chi connectivity index (χ0n) is 15.6. The lowest BCUT2D eigenvalue weighted by Crippen LogP contribution is -2.26. The predicted molar refractivity (Wildman–Crippen MR) is 104 cm³/mol. The molecule has 0 aliphatic carbocycles. The molecule has 0 saturated carbocycles. The monoisotopic (exact) mass is 402 g/mol. The van der Waals surface area contributed by atoms with Crippen molar-refractivity contribution in [3.8, 4) is 0 Å². The van der Waals surface area contributed by atoms with Crippen LogP contribution in [0.5, 0.6) is 0 Å². The number of aryl methyl sites for hydroxylation is 1.